The first-order valence-corrected chi connectivity index (χ1v) is 9.29. The predicted octanol–water partition coefficient (Wildman–Crippen LogP) is 2.81. The molecule has 3 heterocycles. The first kappa shape index (κ1) is 15.9. The van der Waals surface area contributed by atoms with Gasteiger partial charge in [-0.3, -0.25) is 4.79 Å². The van der Waals surface area contributed by atoms with Gasteiger partial charge in [-0.15, -0.1) is 21.5 Å². The van der Waals surface area contributed by atoms with Crippen molar-refractivity contribution >= 4 is 34.0 Å². The zero-order valence-corrected chi connectivity index (χ0v) is 14.8. The fourth-order valence-corrected chi connectivity index (χ4v) is 3.98. The molecule has 7 nitrogen and oxygen atoms in total. The molecule has 0 saturated carbocycles. The molecule has 3 aromatic heterocycles. The number of nitrogens with one attached hydrogen (secondary N) is 1. The van der Waals surface area contributed by atoms with Crippen LogP contribution in [0.1, 0.15) is 18.0 Å². The molecule has 1 unspecified atom stereocenters. The monoisotopic (exact) mass is 370 g/mol. The summed E-state index contributed by atoms with van der Waals surface area (Å²) in [6.07, 6.45) is 0. The lowest BCUT2D eigenvalue weighted by molar-refractivity contribution is 0.835. The molecule has 25 heavy (non-hydrogen) atoms. The zero-order valence-electron chi connectivity index (χ0n) is 13.2. The first-order chi connectivity index (χ1) is 12.1. The molecule has 0 saturated heterocycles. The van der Waals surface area contributed by atoms with Gasteiger partial charge in [0.1, 0.15) is 5.82 Å². The second-order valence-corrected chi connectivity index (χ2v) is 7.64. The van der Waals surface area contributed by atoms with Crippen LogP contribution in [0.5, 0.6) is 0 Å². The van der Waals surface area contributed by atoms with Crippen LogP contribution < -0.4 is 11.4 Å². The number of benzene rings is 1. The van der Waals surface area contributed by atoms with Gasteiger partial charge in [0.2, 0.25) is 5.16 Å². The van der Waals surface area contributed by atoms with Crippen molar-refractivity contribution in [3.8, 4) is 10.7 Å². The molecule has 1 aromatic carbocycles. The van der Waals surface area contributed by atoms with Gasteiger partial charge in [-0.2, -0.15) is 0 Å². The number of nitrogens with zero attached hydrogens (tertiary/aromatic N) is 4. The first-order valence-electron chi connectivity index (χ1n) is 7.53. The molecule has 0 fully saturated rings. The Morgan fingerprint density at radius 1 is 1.24 bits per heavy atom. The van der Waals surface area contributed by atoms with Crippen LogP contribution >= 0.6 is 23.1 Å². The summed E-state index contributed by atoms with van der Waals surface area (Å²) < 4.78 is 1.46. The summed E-state index contributed by atoms with van der Waals surface area (Å²) in [6.45, 7) is 1.94. The largest absolute Gasteiger partial charge is 0.335 e. The number of hydrogen-bond acceptors (Lipinski definition) is 7. The number of nitrogens with two attached hydrogens (primary N) is 1. The molecule has 0 radical (unpaired) electrons. The lowest BCUT2D eigenvalue weighted by Gasteiger charge is -2.10. The third-order valence-electron chi connectivity index (χ3n) is 3.70. The van der Waals surface area contributed by atoms with E-state index in [1.54, 1.807) is 17.4 Å². The van der Waals surface area contributed by atoms with Gasteiger partial charge in [0.05, 0.1) is 21.0 Å². The van der Waals surface area contributed by atoms with Crippen molar-refractivity contribution < 1.29 is 0 Å². The molecule has 0 aliphatic heterocycles. The minimum Gasteiger partial charge on any atom is -0.335 e. The molecule has 0 aliphatic carbocycles. The van der Waals surface area contributed by atoms with Crippen LogP contribution in [0.4, 0.5) is 0 Å². The van der Waals surface area contributed by atoms with Gasteiger partial charge in [-0.25, -0.2) is 9.66 Å². The van der Waals surface area contributed by atoms with E-state index >= 15 is 0 Å². The van der Waals surface area contributed by atoms with E-state index in [1.165, 1.54) is 16.4 Å². The molecule has 0 amide bonds. The van der Waals surface area contributed by atoms with E-state index in [0.717, 1.165) is 4.88 Å². The van der Waals surface area contributed by atoms with Gasteiger partial charge in [0, 0.05) is 0 Å². The van der Waals surface area contributed by atoms with Gasteiger partial charge >= 0.3 is 0 Å². The molecule has 9 heteroatoms. The number of fused-ring (bicyclic) bond motifs is 1. The second-order valence-electron chi connectivity index (χ2n) is 5.38. The fraction of sp³-hybridized carbons (Fsp3) is 0.125. The van der Waals surface area contributed by atoms with E-state index in [-0.39, 0.29) is 10.8 Å². The average Bonchev–Trinajstić information content (AvgIpc) is 3.25. The summed E-state index contributed by atoms with van der Waals surface area (Å²) in [6, 6.07) is 11.1. The van der Waals surface area contributed by atoms with E-state index in [4.69, 9.17) is 5.84 Å². The molecule has 126 valence electrons. The summed E-state index contributed by atoms with van der Waals surface area (Å²) in [7, 11) is 0. The second kappa shape index (κ2) is 6.34. The van der Waals surface area contributed by atoms with Crippen LogP contribution in [-0.4, -0.2) is 24.8 Å². The van der Waals surface area contributed by atoms with Crippen LogP contribution in [0.2, 0.25) is 0 Å². The Bertz CT molecular complexity index is 1090. The molecule has 1 atom stereocenters. The number of rotatable bonds is 4. The van der Waals surface area contributed by atoms with Crippen molar-refractivity contribution in [3.05, 3.63) is 58.0 Å². The molecule has 4 rings (SSSR count). The Labute approximate surface area is 150 Å². The van der Waals surface area contributed by atoms with Crippen molar-refractivity contribution in [2.24, 2.45) is 0 Å². The van der Waals surface area contributed by atoms with Crippen molar-refractivity contribution in [2.75, 3.05) is 5.84 Å². The number of H-pyrrole nitrogens is 1. The summed E-state index contributed by atoms with van der Waals surface area (Å²) in [4.78, 5) is 20.6. The number of thioether (sulfide) groups is 1. The number of aromatic amines is 1. The van der Waals surface area contributed by atoms with Gasteiger partial charge < -0.3 is 10.8 Å². The third-order valence-corrected chi connectivity index (χ3v) is 5.64. The minimum atomic E-state index is -0.151. The van der Waals surface area contributed by atoms with Crippen molar-refractivity contribution in [1.29, 1.82) is 0 Å². The Morgan fingerprint density at radius 3 is 2.88 bits per heavy atom. The molecule has 4 aromatic rings. The molecular weight excluding hydrogens is 356 g/mol. The predicted molar refractivity (Wildman–Crippen MR) is 100 cm³/mol. The summed E-state index contributed by atoms with van der Waals surface area (Å²) in [5.41, 5.74) is 0.517. The van der Waals surface area contributed by atoms with Crippen LogP contribution in [0.3, 0.4) is 0 Å². The summed E-state index contributed by atoms with van der Waals surface area (Å²) in [5, 5.41) is 11.3. The quantitative estimate of drug-likeness (QED) is 0.423. The van der Waals surface area contributed by atoms with E-state index in [2.05, 4.69) is 20.2 Å². The standard InChI is InChI=1S/C16H14N6OS2/c1-9(13-18-11-6-3-2-5-10(11)15(23)19-13)25-16-21-20-14(22(16)17)12-7-4-8-24-12/h2-9H,17H2,1H3,(H,18,19,23). The smallest absolute Gasteiger partial charge is 0.258 e. The third kappa shape index (κ3) is 2.92. The van der Waals surface area contributed by atoms with Gasteiger partial charge in [0.25, 0.3) is 5.56 Å². The average molecular weight is 370 g/mol. The molecule has 3 N–H and O–H groups in total. The maximum Gasteiger partial charge on any atom is 0.258 e. The molecule has 0 spiro atoms. The zero-order chi connectivity index (χ0) is 17.4. The summed E-state index contributed by atoms with van der Waals surface area (Å²) >= 11 is 2.94. The minimum absolute atomic E-state index is 0.139. The normalized spacial score (nSPS) is 12.5. The van der Waals surface area contributed by atoms with Crippen LogP contribution in [0, 0.1) is 0 Å². The maximum absolute atomic E-state index is 12.2. The lowest BCUT2D eigenvalue weighted by Crippen LogP contribution is -2.14. The Kier molecular flexibility index (Phi) is 4.02. The van der Waals surface area contributed by atoms with Crippen LogP contribution in [0.15, 0.2) is 51.7 Å². The van der Waals surface area contributed by atoms with Crippen LogP contribution in [-0.2, 0) is 0 Å². The molecular formula is C16H14N6OS2. The number of aromatic nitrogens is 5. The SMILES string of the molecule is CC(Sc1nnc(-c2cccs2)n1N)c1nc2ccccc2c(=O)[nH]1. The molecule has 0 aliphatic rings. The number of thiophene rings is 1. The highest BCUT2D eigenvalue weighted by Crippen LogP contribution is 2.33. The number of hydrogen-bond donors (Lipinski definition) is 2. The van der Waals surface area contributed by atoms with E-state index in [1.807, 2.05) is 42.6 Å². The van der Waals surface area contributed by atoms with Crippen molar-refractivity contribution in [2.45, 2.75) is 17.3 Å². The Hall–Kier alpha value is -2.65. The topological polar surface area (TPSA) is 102 Å². The van der Waals surface area contributed by atoms with Gasteiger partial charge in [-0.05, 0) is 30.5 Å². The number of nitrogen functional groups attached to an aromatic ring is 1. The van der Waals surface area contributed by atoms with Gasteiger partial charge in [0.15, 0.2) is 5.82 Å². The molecule has 0 bridgehead atoms. The van der Waals surface area contributed by atoms with Gasteiger partial charge in [-0.1, -0.05) is 30.0 Å². The highest BCUT2D eigenvalue weighted by Gasteiger charge is 2.18. The highest BCUT2D eigenvalue weighted by atomic mass is 32.2. The summed E-state index contributed by atoms with van der Waals surface area (Å²) in [5.74, 6) is 7.32. The van der Waals surface area contributed by atoms with E-state index < -0.39 is 0 Å². The van der Waals surface area contributed by atoms with E-state index in [0.29, 0.717) is 27.7 Å². The van der Waals surface area contributed by atoms with Crippen molar-refractivity contribution in [3.63, 3.8) is 0 Å². The van der Waals surface area contributed by atoms with Crippen molar-refractivity contribution in [1.82, 2.24) is 24.8 Å². The number of para-hydroxylation sites is 1. The fourth-order valence-electron chi connectivity index (χ4n) is 2.44. The van der Waals surface area contributed by atoms with E-state index in [9.17, 15) is 4.79 Å². The Morgan fingerprint density at radius 2 is 2.08 bits per heavy atom. The highest BCUT2D eigenvalue weighted by molar-refractivity contribution is 7.99. The lowest BCUT2D eigenvalue weighted by atomic mass is 10.2. The Balaban J connectivity index is 1.65. The maximum atomic E-state index is 12.2. The van der Waals surface area contributed by atoms with Crippen LogP contribution in [0.25, 0.3) is 21.6 Å².